The van der Waals surface area contributed by atoms with Gasteiger partial charge in [-0.15, -0.1) is 0 Å². The third-order valence-corrected chi connectivity index (χ3v) is 2.46. The molecule has 0 atom stereocenters. The fraction of sp³-hybridized carbons (Fsp3) is 0.273. The van der Waals surface area contributed by atoms with Crippen molar-refractivity contribution >= 4 is 10.9 Å². The second kappa shape index (κ2) is 2.80. The minimum absolute atomic E-state index is 0.865. The zero-order chi connectivity index (χ0) is 9.42. The van der Waals surface area contributed by atoms with Crippen molar-refractivity contribution in [2.24, 2.45) is 0 Å². The highest BCUT2D eigenvalue weighted by Gasteiger charge is 2.07. The molecule has 0 radical (unpaired) electrons. The summed E-state index contributed by atoms with van der Waals surface area (Å²) in [5, 5.41) is 1.25. The Balaban J connectivity index is 2.83. The third-order valence-electron chi connectivity index (χ3n) is 2.46. The van der Waals surface area contributed by atoms with E-state index in [2.05, 4.69) is 37.0 Å². The van der Waals surface area contributed by atoms with Gasteiger partial charge < -0.3 is 9.72 Å². The number of fused-ring (bicyclic) bond motifs is 1. The van der Waals surface area contributed by atoms with Crippen molar-refractivity contribution in [3.63, 3.8) is 0 Å². The Morgan fingerprint density at radius 3 is 2.62 bits per heavy atom. The van der Waals surface area contributed by atoms with E-state index >= 15 is 0 Å². The molecular weight excluding hydrogens is 162 g/mol. The van der Waals surface area contributed by atoms with E-state index in [1.807, 2.05) is 0 Å². The van der Waals surface area contributed by atoms with Gasteiger partial charge in [0.05, 0.1) is 12.6 Å². The van der Waals surface area contributed by atoms with Crippen molar-refractivity contribution in [3.05, 3.63) is 29.3 Å². The Morgan fingerprint density at radius 2 is 2.00 bits per heavy atom. The molecule has 0 aliphatic rings. The van der Waals surface area contributed by atoms with E-state index in [0.717, 1.165) is 5.88 Å². The molecule has 0 bridgehead atoms. The van der Waals surface area contributed by atoms with Gasteiger partial charge in [0.1, 0.15) is 0 Å². The zero-order valence-corrected chi connectivity index (χ0v) is 8.14. The molecule has 68 valence electrons. The highest BCUT2D eigenvalue weighted by molar-refractivity contribution is 5.88. The maximum Gasteiger partial charge on any atom is 0.194 e. The lowest BCUT2D eigenvalue weighted by Crippen LogP contribution is -1.83. The first-order valence-corrected chi connectivity index (χ1v) is 4.36. The fourth-order valence-electron chi connectivity index (χ4n) is 1.68. The zero-order valence-electron chi connectivity index (χ0n) is 8.14. The van der Waals surface area contributed by atoms with Crippen LogP contribution in [0.3, 0.4) is 0 Å². The standard InChI is InChI=1S/C11H13NO/c1-7-5-4-6-9-8(2)11(13-3)12-10(7)9/h4-6,12H,1-3H3. The van der Waals surface area contributed by atoms with Crippen LogP contribution in [0.2, 0.25) is 0 Å². The molecule has 0 saturated carbocycles. The number of benzene rings is 1. The molecule has 0 spiro atoms. The van der Waals surface area contributed by atoms with Gasteiger partial charge in [-0.25, -0.2) is 0 Å². The number of hydrogen-bond donors (Lipinski definition) is 1. The Labute approximate surface area is 77.5 Å². The van der Waals surface area contributed by atoms with Crippen molar-refractivity contribution in [2.75, 3.05) is 7.11 Å². The first-order chi connectivity index (χ1) is 6.24. The van der Waals surface area contributed by atoms with Gasteiger partial charge in [-0.3, -0.25) is 0 Å². The Hall–Kier alpha value is -1.44. The summed E-state index contributed by atoms with van der Waals surface area (Å²) in [6.45, 7) is 4.16. The number of ether oxygens (including phenoxy) is 1. The van der Waals surface area contributed by atoms with Gasteiger partial charge in [-0.1, -0.05) is 18.2 Å². The van der Waals surface area contributed by atoms with Gasteiger partial charge in [0.15, 0.2) is 5.88 Å². The lowest BCUT2D eigenvalue weighted by atomic mass is 10.1. The summed E-state index contributed by atoms with van der Waals surface area (Å²) in [5.74, 6) is 0.865. The van der Waals surface area contributed by atoms with E-state index in [-0.39, 0.29) is 0 Å². The van der Waals surface area contributed by atoms with Gasteiger partial charge in [0.25, 0.3) is 0 Å². The highest BCUT2D eigenvalue weighted by atomic mass is 16.5. The number of aromatic nitrogens is 1. The van der Waals surface area contributed by atoms with Crippen LogP contribution in [0.4, 0.5) is 0 Å². The highest BCUT2D eigenvalue weighted by Crippen LogP contribution is 2.28. The molecule has 0 saturated heterocycles. The molecule has 2 nitrogen and oxygen atoms in total. The second-order valence-corrected chi connectivity index (χ2v) is 3.28. The molecular formula is C11H13NO. The number of rotatable bonds is 1. The summed E-state index contributed by atoms with van der Waals surface area (Å²) in [7, 11) is 1.69. The number of methoxy groups -OCH3 is 1. The van der Waals surface area contributed by atoms with Crippen molar-refractivity contribution < 1.29 is 4.74 Å². The van der Waals surface area contributed by atoms with Crippen LogP contribution in [0, 0.1) is 13.8 Å². The van der Waals surface area contributed by atoms with Crippen LogP contribution in [0.25, 0.3) is 10.9 Å². The molecule has 1 heterocycles. The first kappa shape index (κ1) is 8.17. The monoisotopic (exact) mass is 175 g/mol. The van der Waals surface area contributed by atoms with E-state index in [1.54, 1.807) is 7.11 Å². The van der Waals surface area contributed by atoms with Crippen molar-refractivity contribution in [2.45, 2.75) is 13.8 Å². The second-order valence-electron chi connectivity index (χ2n) is 3.28. The minimum Gasteiger partial charge on any atom is -0.482 e. The summed E-state index contributed by atoms with van der Waals surface area (Å²) in [5.41, 5.74) is 3.61. The van der Waals surface area contributed by atoms with Crippen LogP contribution in [-0.2, 0) is 0 Å². The molecule has 0 fully saturated rings. The molecule has 2 rings (SSSR count). The number of H-pyrrole nitrogens is 1. The summed E-state index contributed by atoms with van der Waals surface area (Å²) < 4.78 is 5.23. The lowest BCUT2D eigenvalue weighted by molar-refractivity contribution is 0.398. The Kier molecular flexibility index (Phi) is 1.76. The first-order valence-electron chi connectivity index (χ1n) is 4.36. The van der Waals surface area contributed by atoms with Crippen LogP contribution >= 0.6 is 0 Å². The molecule has 2 aromatic rings. The van der Waals surface area contributed by atoms with E-state index in [1.165, 1.54) is 22.0 Å². The Bertz CT molecular complexity index is 443. The molecule has 13 heavy (non-hydrogen) atoms. The Morgan fingerprint density at radius 1 is 1.23 bits per heavy atom. The van der Waals surface area contributed by atoms with Crippen molar-refractivity contribution in [1.82, 2.24) is 4.98 Å². The summed E-state index contributed by atoms with van der Waals surface area (Å²) in [6, 6.07) is 6.27. The van der Waals surface area contributed by atoms with Crippen molar-refractivity contribution in [3.8, 4) is 5.88 Å². The van der Waals surface area contributed by atoms with Crippen LogP contribution in [0.1, 0.15) is 11.1 Å². The van der Waals surface area contributed by atoms with E-state index in [9.17, 15) is 0 Å². The van der Waals surface area contributed by atoms with E-state index in [4.69, 9.17) is 4.74 Å². The molecule has 0 aliphatic heterocycles. The largest absolute Gasteiger partial charge is 0.482 e. The average molecular weight is 175 g/mol. The van der Waals surface area contributed by atoms with Crippen LogP contribution < -0.4 is 4.74 Å². The van der Waals surface area contributed by atoms with Crippen molar-refractivity contribution in [1.29, 1.82) is 0 Å². The predicted molar refractivity (Wildman–Crippen MR) is 54.3 cm³/mol. The smallest absolute Gasteiger partial charge is 0.194 e. The van der Waals surface area contributed by atoms with Gasteiger partial charge in [-0.2, -0.15) is 0 Å². The lowest BCUT2D eigenvalue weighted by Gasteiger charge is -1.94. The summed E-state index contributed by atoms with van der Waals surface area (Å²) >= 11 is 0. The van der Waals surface area contributed by atoms with Crippen LogP contribution in [-0.4, -0.2) is 12.1 Å². The molecule has 1 aromatic carbocycles. The molecule has 0 aliphatic carbocycles. The number of para-hydroxylation sites is 1. The van der Waals surface area contributed by atoms with Crippen LogP contribution in [0.15, 0.2) is 18.2 Å². The van der Waals surface area contributed by atoms with Gasteiger partial charge in [0, 0.05) is 10.9 Å². The average Bonchev–Trinajstić information content (AvgIpc) is 2.45. The van der Waals surface area contributed by atoms with Gasteiger partial charge in [-0.05, 0) is 19.4 Å². The predicted octanol–water partition coefficient (Wildman–Crippen LogP) is 2.79. The normalized spacial score (nSPS) is 10.7. The minimum atomic E-state index is 0.865. The summed E-state index contributed by atoms with van der Waals surface area (Å²) in [4.78, 5) is 3.26. The molecule has 0 unspecified atom stereocenters. The SMILES string of the molecule is COc1[nH]c2c(C)cccc2c1C. The third kappa shape index (κ3) is 1.10. The van der Waals surface area contributed by atoms with Gasteiger partial charge in [0.2, 0.25) is 0 Å². The number of aryl methyl sites for hydroxylation is 2. The molecule has 1 N–H and O–H groups in total. The fourth-order valence-corrected chi connectivity index (χ4v) is 1.68. The quantitative estimate of drug-likeness (QED) is 0.708. The maximum absolute atomic E-state index is 5.23. The topological polar surface area (TPSA) is 25.0 Å². The van der Waals surface area contributed by atoms with Gasteiger partial charge >= 0.3 is 0 Å². The molecule has 1 aromatic heterocycles. The van der Waals surface area contributed by atoms with E-state index < -0.39 is 0 Å². The number of hydrogen-bond acceptors (Lipinski definition) is 1. The number of nitrogens with one attached hydrogen (secondary N) is 1. The van der Waals surface area contributed by atoms with E-state index in [0.29, 0.717) is 0 Å². The summed E-state index contributed by atoms with van der Waals surface area (Å²) in [6.07, 6.45) is 0. The maximum atomic E-state index is 5.23. The van der Waals surface area contributed by atoms with Crippen LogP contribution in [0.5, 0.6) is 5.88 Å². The number of aromatic amines is 1. The molecule has 0 amide bonds. The molecule has 2 heteroatoms.